The van der Waals surface area contributed by atoms with E-state index in [1.165, 1.54) is 0 Å². The SMILES string of the molecule is CCn1nccc1C(=O)CSc1ccccc1. The topological polar surface area (TPSA) is 34.9 Å². The Balaban J connectivity index is 1.98. The maximum absolute atomic E-state index is 12.0. The number of aromatic nitrogens is 2. The average molecular weight is 246 g/mol. The first kappa shape index (κ1) is 11.9. The molecule has 0 amide bonds. The van der Waals surface area contributed by atoms with Gasteiger partial charge in [-0.05, 0) is 25.1 Å². The standard InChI is InChI=1S/C13H14N2OS/c1-2-15-12(8-9-14-15)13(16)10-17-11-6-4-3-5-7-11/h3-9H,2,10H2,1H3. The molecule has 1 heterocycles. The van der Waals surface area contributed by atoms with Crippen LogP contribution < -0.4 is 0 Å². The van der Waals surface area contributed by atoms with Crippen LogP contribution in [-0.2, 0) is 6.54 Å². The Labute approximate surface area is 105 Å². The van der Waals surface area contributed by atoms with E-state index in [-0.39, 0.29) is 5.78 Å². The molecule has 0 N–H and O–H groups in total. The van der Waals surface area contributed by atoms with Gasteiger partial charge in [-0.3, -0.25) is 9.48 Å². The number of carbonyl (C=O) groups is 1. The van der Waals surface area contributed by atoms with Crippen LogP contribution >= 0.6 is 11.8 Å². The highest BCUT2D eigenvalue weighted by Gasteiger charge is 2.11. The van der Waals surface area contributed by atoms with Crippen LogP contribution in [0.15, 0.2) is 47.5 Å². The van der Waals surface area contributed by atoms with Gasteiger partial charge >= 0.3 is 0 Å². The summed E-state index contributed by atoms with van der Waals surface area (Å²) in [5, 5.41) is 4.10. The fourth-order valence-electron chi connectivity index (χ4n) is 1.56. The first-order valence-electron chi connectivity index (χ1n) is 5.54. The van der Waals surface area contributed by atoms with E-state index in [0.29, 0.717) is 11.4 Å². The number of nitrogens with zero attached hydrogens (tertiary/aromatic N) is 2. The van der Waals surface area contributed by atoms with Gasteiger partial charge in [0, 0.05) is 17.6 Å². The van der Waals surface area contributed by atoms with Crippen molar-refractivity contribution in [2.24, 2.45) is 0 Å². The van der Waals surface area contributed by atoms with Crippen molar-refractivity contribution in [1.82, 2.24) is 9.78 Å². The lowest BCUT2D eigenvalue weighted by Crippen LogP contribution is -2.11. The zero-order chi connectivity index (χ0) is 12.1. The highest BCUT2D eigenvalue weighted by molar-refractivity contribution is 8.00. The summed E-state index contributed by atoms with van der Waals surface area (Å²) < 4.78 is 1.73. The summed E-state index contributed by atoms with van der Waals surface area (Å²) in [6, 6.07) is 11.7. The van der Waals surface area contributed by atoms with Crippen molar-refractivity contribution in [3.8, 4) is 0 Å². The maximum atomic E-state index is 12.0. The van der Waals surface area contributed by atoms with Crippen molar-refractivity contribution in [2.75, 3.05) is 5.75 Å². The van der Waals surface area contributed by atoms with Crippen LogP contribution in [0, 0.1) is 0 Å². The van der Waals surface area contributed by atoms with Crippen molar-refractivity contribution >= 4 is 17.5 Å². The fourth-order valence-corrected chi connectivity index (χ4v) is 2.36. The summed E-state index contributed by atoms with van der Waals surface area (Å²) >= 11 is 1.56. The van der Waals surface area contributed by atoms with Gasteiger partial charge in [-0.15, -0.1) is 11.8 Å². The van der Waals surface area contributed by atoms with E-state index < -0.39 is 0 Å². The molecule has 2 rings (SSSR count). The van der Waals surface area contributed by atoms with Gasteiger partial charge in [0.1, 0.15) is 5.69 Å². The molecule has 0 saturated heterocycles. The zero-order valence-electron chi connectivity index (χ0n) is 9.67. The number of hydrogen-bond acceptors (Lipinski definition) is 3. The molecule has 1 aromatic heterocycles. The number of ketones is 1. The molecule has 17 heavy (non-hydrogen) atoms. The zero-order valence-corrected chi connectivity index (χ0v) is 10.5. The second-order valence-corrected chi connectivity index (χ2v) is 4.61. The molecular weight excluding hydrogens is 232 g/mol. The smallest absolute Gasteiger partial charge is 0.191 e. The summed E-state index contributed by atoms with van der Waals surface area (Å²) in [7, 11) is 0. The third kappa shape index (κ3) is 2.97. The summed E-state index contributed by atoms with van der Waals surface area (Å²) in [4.78, 5) is 13.1. The molecule has 0 aliphatic heterocycles. The Morgan fingerprint density at radius 2 is 2.06 bits per heavy atom. The first-order valence-corrected chi connectivity index (χ1v) is 6.52. The molecule has 0 radical (unpaired) electrons. The molecule has 88 valence electrons. The predicted molar refractivity (Wildman–Crippen MR) is 69.4 cm³/mol. The van der Waals surface area contributed by atoms with Crippen LogP contribution in [0.1, 0.15) is 17.4 Å². The van der Waals surface area contributed by atoms with Crippen LogP contribution in [0.4, 0.5) is 0 Å². The average Bonchev–Trinajstić information content (AvgIpc) is 2.85. The van der Waals surface area contributed by atoms with Crippen LogP contribution in [0.3, 0.4) is 0 Å². The van der Waals surface area contributed by atoms with E-state index in [1.807, 2.05) is 37.3 Å². The molecule has 4 heteroatoms. The van der Waals surface area contributed by atoms with Gasteiger partial charge < -0.3 is 0 Å². The number of thioether (sulfide) groups is 1. The third-order valence-corrected chi connectivity index (χ3v) is 3.43. The van der Waals surface area contributed by atoms with Crippen LogP contribution in [0.5, 0.6) is 0 Å². The Bertz CT molecular complexity index is 493. The molecule has 0 unspecified atom stereocenters. The third-order valence-electron chi connectivity index (χ3n) is 2.41. The number of benzene rings is 1. The second kappa shape index (κ2) is 5.68. The molecular formula is C13H14N2OS. The quantitative estimate of drug-likeness (QED) is 0.601. The fraction of sp³-hybridized carbons (Fsp3) is 0.231. The van der Waals surface area contributed by atoms with Gasteiger partial charge in [-0.2, -0.15) is 5.10 Å². The van der Waals surface area contributed by atoms with E-state index in [1.54, 1.807) is 28.7 Å². The van der Waals surface area contributed by atoms with E-state index >= 15 is 0 Å². The molecule has 0 aliphatic rings. The van der Waals surface area contributed by atoms with Crippen LogP contribution in [0.25, 0.3) is 0 Å². The molecule has 0 atom stereocenters. The van der Waals surface area contributed by atoms with E-state index in [9.17, 15) is 4.79 Å². The van der Waals surface area contributed by atoms with E-state index in [4.69, 9.17) is 0 Å². The summed E-state index contributed by atoms with van der Waals surface area (Å²) in [5.74, 6) is 0.577. The molecule has 0 aliphatic carbocycles. The Hall–Kier alpha value is -1.55. The summed E-state index contributed by atoms with van der Waals surface area (Å²) in [5.41, 5.74) is 0.691. The number of carbonyl (C=O) groups excluding carboxylic acids is 1. The normalized spacial score (nSPS) is 10.4. The van der Waals surface area contributed by atoms with Crippen molar-refractivity contribution in [2.45, 2.75) is 18.4 Å². The van der Waals surface area contributed by atoms with Crippen molar-refractivity contribution in [3.63, 3.8) is 0 Å². The lowest BCUT2D eigenvalue weighted by atomic mass is 10.3. The van der Waals surface area contributed by atoms with Gasteiger partial charge in [0.05, 0.1) is 5.75 Å². The highest BCUT2D eigenvalue weighted by Crippen LogP contribution is 2.18. The van der Waals surface area contributed by atoms with Crippen molar-refractivity contribution < 1.29 is 4.79 Å². The summed E-state index contributed by atoms with van der Waals surface area (Å²) in [6.45, 7) is 2.71. The monoisotopic (exact) mass is 246 g/mol. The number of aryl methyl sites for hydroxylation is 1. The minimum Gasteiger partial charge on any atom is -0.292 e. The minimum atomic E-state index is 0.123. The molecule has 2 aromatic rings. The summed E-state index contributed by atoms with van der Waals surface area (Å²) in [6.07, 6.45) is 1.67. The number of hydrogen-bond donors (Lipinski definition) is 0. The molecule has 0 bridgehead atoms. The van der Waals surface area contributed by atoms with Crippen molar-refractivity contribution in [3.05, 3.63) is 48.3 Å². The van der Waals surface area contributed by atoms with Gasteiger partial charge in [0.25, 0.3) is 0 Å². The van der Waals surface area contributed by atoms with Crippen LogP contribution in [0.2, 0.25) is 0 Å². The molecule has 3 nitrogen and oxygen atoms in total. The van der Waals surface area contributed by atoms with Crippen molar-refractivity contribution in [1.29, 1.82) is 0 Å². The first-order chi connectivity index (χ1) is 8.31. The van der Waals surface area contributed by atoms with E-state index in [2.05, 4.69) is 5.10 Å². The number of Topliss-reactive ketones (excluding diaryl/α,β-unsaturated/α-hetero) is 1. The van der Waals surface area contributed by atoms with Gasteiger partial charge in [0.15, 0.2) is 5.78 Å². The lowest BCUT2D eigenvalue weighted by Gasteiger charge is -2.03. The molecule has 0 fully saturated rings. The molecule has 0 saturated carbocycles. The van der Waals surface area contributed by atoms with Gasteiger partial charge in [-0.25, -0.2) is 0 Å². The number of rotatable bonds is 5. The molecule has 0 spiro atoms. The highest BCUT2D eigenvalue weighted by atomic mass is 32.2. The van der Waals surface area contributed by atoms with Gasteiger partial charge in [0.2, 0.25) is 0 Å². The minimum absolute atomic E-state index is 0.123. The largest absolute Gasteiger partial charge is 0.292 e. The van der Waals surface area contributed by atoms with E-state index in [0.717, 1.165) is 11.4 Å². The Morgan fingerprint density at radius 3 is 2.76 bits per heavy atom. The van der Waals surface area contributed by atoms with Crippen LogP contribution in [-0.4, -0.2) is 21.3 Å². The van der Waals surface area contributed by atoms with Gasteiger partial charge in [-0.1, -0.05) is 18.2 Å². The predicted octanol–water partition coefficient (Wildman–Crippen LogP) is 2.88. The maximum Gasteiger partial charge on any atom is 0.191 e. The second-order valence-electron chi connectivity index (χ2n) is 3.56. The Kier molecular flexibility index (Phi) is 3.98. The molecule has 1 aromatic carbocycles. The Morgan fingerprint density at radius 1 is 1.29 bits per heavy atom. The lowest BCUT2D eigenvalue weighted by molar-refractivity contribution is 0.101.